The number of methoxy groups -OCH3 is 1. The summed E-state index contributed by atoms with van der Waals surface area (Å²) in [5.41, 5.74) is -0.703. The topological polar surface area (TPSA) is 108 Å². The van der Waals surface area contributed by atoms with Crippen molar-refractivity contribution in [3.05, 3.63) is 18.2 Å². The van der Waals surface area contributed by atoms with E-state index in [9.17, 15) is 13.2 Å². The van der Waals surface area contributed by atoms with Gasteiger partial charge in [-0.15, -0.1) is 0 Å². The van der Waals surface area contributed by atoms with Crippen molar-refractivity contribution in [2.45, 2.75) is 31.3 Å². The molecular weight excluding hydrogens is 284 g/mol. The molecule has 0 aromatic heterocycles. The Kier molecular flexibility index (Phi) is 4.61. The van der Waals surface area contributed by atoms with Crippen LogP contribution in [0.5, 0.6) is 5.75 Å². The lowest BCUT2D eigenvalue weighted by molar-refractivity contribution is 0.0635. The van der Waals surface area contributed by atoms with Crippen molar-refractivity contribution in [2.75, 3.05) is 12.4 Å². The highest BCUT2D eigenvalue weighted by molar-refractivity contribution is 7.89. The Balaban J connectivity index is 3.17. The minimum Gasteiger partial charge on any atom is -0.495 e. The van der Waals surface area contributed by atoms with Crippen LogP contribution in [0.2, 0.25) is 0 Å². The molecule has 20 heavy (non-hydrogen) atoms. The minimum absolute atomic E-state index is 0.00102. The Morgan fingerprint density at radius 3 is 2.35 bits per heavy atom. The summed E-state index contributed by atoms with van der Waals surface area (Å²) in [6, 6.07) is 4.35. The number of benzene rings is 1. The fraction of sp³-hybridized carbons (Fsp3) is 0.417. The number of nitrogens with two attached hydrogens (primary N) is 1. The van der Waals surface area contributed by atoms with Crippen LogP contribution in [0.4, 0.5) is 10.5 Å². The Labute approximate surface area is 118 Å². The number of amides is 1. The van der Waals surface area contributed by atoms with E-state index in [-0.39, 0.29) is 16.3 Å². The summed E-state index contributed by atoms with van der Waals surface area (Å²) in [5.74, 6) is 0.0426. The molecule has 0 atom stereocenters. The Bertz CT molecular complexity index is 605. The number of carbonyl (C=O) groups is 1. The number of anilines is 1. The molecule has 1 aromatic carbocycles. The van der Waals surface area contributed by atoms with Crippen molar-refractivity contribution in [3.8, 4) is 5.75 Å². The Hall–Kier alpha value is -1.80. The monoisotopic (exact) mass is 302 g/mol. The van der Waals surface area contributed by atoms with Crippen molar-refractivity contribution in [1.29, 1.82) is 0 Å². The predicted molar refractivity (Wildman–Crippen MR) is 74.2 cm³/mol. The van der Waals surface area contributed by atoms with Crippen molar-refractivity contribution in [2.24, 2.45) is 5.14 Å². The molecular formula is C12H18N2O5S. The molecule has 1 amide bonds. The molecule has 3 N–H and O–H groups in total. The van der Waals surface area contributed by atoms with Crippen molar-refractivity contribution < 1.29 is 22.7 Å². The van der Waals surface area contributed by atoms with Gasteiger partial charge in [0.15, 0.2) is 0 Å². The fourth-order valence-corrected chi connectivity index (χ4v) is 2.34. The molecule has 0 saturated heterocycles. The number of hydrogen-bond donors (Lipinski definition) is 2. The van der Waals surface area contributed by atoms with E-state index < -0.39 is 21.7 Å². The van der Waals surface area contributed by atoms with Gasteiger partial charge in [0.05, 0.1) is 12.8 Å². The predicted octanol–water partition coefficient (Wildman–Crippen LogP) is 1.69. The molecule has 8 heteroatoms. The zero-order valence-electron chi connectivity index (χ0n) is 11.8. The summed E-state index contributed by atoms with van der Waals surface area (Å²) in [4.78, 5) is 11.4. The normalized spacial score (nSPS) is 11.8. The van der Waals surface area contributed by atoms with Gasteiger partial charge < -0.3 is 9.47 Å². The maximum atomic E-state index is 11.7. The van der Waals surface area contributed by atoms with E-state index in [2.05, 4.69) is 5.32 Å². The molecule has 0 radical (unpaired) electrons. The number of primary sulfonamides is 1. The average molecular weight is 302 g/mol. The number of sulfonamides is 1. The third kappa shape index (κ3) is 4.39. The van der Waals surface area contributed by atoms with Gasteiger partial charge >= 0.3 is 6.09 Å². The van der Waals surface area contributed by atoms with Crippen molar-refractivity contribution in [1.82, 2.24) is 0 Å². The molecule has 0 aliphatic heterocycles. The third-order valence-corrected chi connectivity index (χ3v) is 3.11. The van der Waals surface area contributed by atoms with Gasteiger partial charge in [0.2, 0.25) is 10.0 Å². The van der Waals surface area contributed by atoms with Gasteiger partial charge in [-0.3, -0.25) is 5.32 Å². The van der Waals surface area contributed by atoms with Gasteiger partial charge in [-0.1, -0.05) is 6.07 Å². The first-order valence-electron chi connectivity index (χ1n) is 5.74. The van der Waals surface area contributed by atoms with E-state index in [1.165, 1.54) is 25.3 Å². The van der Waals surface area contributed by atoms with Crippen LogP contribution >= 0.6 is 0 Å². The number of rotatable bonds is 3. The summed E-state index contributed by atoms with van der Waals surface area (Å²) >= 11 is 0. The van der Waals surface area contributed by atoms with Crippen molar-refractivity contribution in [3.63, 3.8) is 0 Å². The Morgan fingerprint density at radius 2 is 1.90 bits per heavy atom. The first-order chi connectivity index (χ1) is 9.04. The van der Waals surface area contributed by atoms with E-state index in [0.717, 1.165) is 0 Å². The van der Waals surface area contributed by atoms with E-state index >= 15 is 0 Å². The van der Waals surface area contributed by atoms with Crippen LogP contribution in [-0.2, 0) is 14.8 Å². The molecule has 0 fully saturated rings. The van der Waals surface area contributed by atoms with Crippen molar-refractivity contribution >= 4 is 21.8 Å². The number of hydrogen-bond acceptors (Lipinski definition) is 5. The quantitative estimate of drug-likeness (QED) is 0.883. The number of carbonyl (C=O) groups excluding carboxylic acids is 1. The van der Waals surface area contributed by atoms with Crippen LogP contribution in [-0.4, -0.2) is 27.2 Å². The fourth-order valence-electron chi connectivity index (χ4n) is 1.48. The van der Waals surface area contributed by atoms with Crippen LogP contribution < -0.4 is 15.2 Å². The number of ether oxygens (including phenoxy) is 2. The molecule has 0 spiro atoms. The molecule has 0 aliphatic rings. The second-order valence-corrected chi connectivity index (χ2v) is 6.51. The lowest BCUT2D eigenvalue weighted by Crippen LogP contribution is -2.28. The first-order valence-corrected chi connectivity index (χ1v) is 7.29. The SMILES string of the molecule is COc1cccc(NC(=O)OC(C)(C)C)c1S(N)(=O)=O. The minimum atomic E-state index is -4.06. The van der Waals surface area contributed by atoms with E-state index in [0.29, 0.717) is 0 Å². The smallest absolute Gasteiger partial charge is 0.412 e. The Morgan fingerprint density at radius 1 is 1.30 bits per heavy atom. The lowest BCUT2D eigenvalue weighted by Gasteiger charge is -2.20. The zero-order valence-corrected chi connectivity index (χ0v) is 12.6. The second kappa shape index (κ2) is 5.68. The molecule has 0 aliphatic carbocycles. The van der Waals surface area contributed by atoms with Gasteiger partial charge in [0.1, 0.15) is 16.2 Å². The number of nitrogens with one attached hydrogen (secondary N) is 1. The maximum absolute atomic E-state index is 11.7. The standard InChI is InChI=1S/C12H18N2O5S/c1-12(2,3)19-11(15)14-8-6-5-7-9(18-4)10(8)20(13,16)17/h5-7H,1-4H3,(H,14,15)(H2,13,16,17). The molecule has 0 bridgehead atoms. The van der Waals surface area contributed by atoms with Crippen LogP contribution in [0, 0.1) is 0 Å². The highest BCUT2D eigenvalue weighted by Gasteiger charge is 2.23. The van der Waals surface area contributed by atoms with Crippen LogP contribution in [0.1, 0.15) is 20.8 Å². The highest BCUT2D eigenvalue weighted by atomic mass is 32.2. The lowest BCUT2D eigenvalue weighted by atomic mass is 10.2. The van der Waals surface area contributed by atoms with Gasteiger partial charge in [-0.05, 0) is 32.9 Å². The molecule has 1 aromatic rings. The summed E-state index contributed by atoms with van der Waals surface area (Å²) in [7, 11) is -2.75. The molecule has 7 nitrogen and oxygen atoms in total. The summed E-state index contributed by atoms with van der Waals surface area (Å²) in [6.07, 6.45) is -0.782. The van der Waals surface area contributed by atoms with Crippen LogP contribution in [0.15, 0.2) is 23.1 Å². The molecule has 0 saturated carbocycles. The van der Waals surface area contributed by atoms with Gasteiger partial charge in [0.25, 0.3) is 0 Å². The first kappa shape index (κ1) is 16.3. The second-order valence-electron chi connectivity index (χ2n) is 5.01. The zero-order chi connectivity index (χ0) is 15.6. The largest absolute Gasteiger partial charge is 0.495 e. The van der Waals surface area contributed by atoms with Crippen LogP contribution in [0.3, 0.4) is 0 Å². The molecule has 1 rings (SSSR count). The highest BCUT2D eigenvalue weighted by Crippen LogP contribution is 2.30. The van der Waals surface area contributed by atoms with E-state index in [4.69, 9.17) is 14.6 Å². The maximum Gasteiger partial charge on any atom is 0.412 e. The molecule has 112 valence electrons. The van der Waals surface area contributed by atoms with Gasteiger partial charge in [0, 0.05) is 0 Å². The summed E-state index contributed by atoms with van der Waals surface area (Å²) < 4.78 is 33.2. The average Bonchev–Trinajstić information content (AvgIpc) is 2.24. The van der Waals surface area contributed by atoms with Gasteiger partial charge in [-0.25, -0.2) is 18.4 Å². The third-order valence-electron chi connectivity index (χ3n) is 2.12. The summed E-state index contributed by atoms with van der Waals surface area (Å²) in [5, 5.41) is 7.49. The molecule has 0 unspecified atom stereocenters. The van der Waals surface area contributed by atoms with E-state index in [1.54, 1.807) is 20.8 Å². The van der Waals surface area contributed by atoms with Gasteiger partial charge in [-0.2, -0.15) is 0 Å². The molecule has 0 heterocycles. The summed E-state index contributed by atoms with van der Waals surface area (Å²) in [6.45, 7) is 5.08. The van der Waals surface area contributed by atoms with Crippen LogP contribution in [0.25, 0.3) is 0 Å². The van der Waals surface area contributed by atoms with E-state index in [1.807, 2.05) is 0 Å².